The molecule has 0 amide bonds. The molecule has 1 saturated heterocycles. The fourth-order valence-electron chi connectivity index (χ4n) is 3.15. The van der Waals surface area contributed by atoms with Gasteiger partial charge in [-0.25, -0.2) is 4.39 Å². The van der Waals surface area contributed by atoms with Crippen molar-refractivity contribution in [1.29, 1.82) is 0 Å². The van der Waals surface area contributed by atoms with Gasteiger partial charge in [-0.2, -0.15) is 0 Å². The minimum Gasteiger partial charge on any atom is -0.508 e. The monoisotopic (exact) mass is 314 g/mol. The fourth-order valence-corrected chi connectivity index (χ4v) is 3.15. The van der Waals surface area contributed by atoms with E-state index in [1.165, 1.54) is 6.07 Å². The van der Waals surface area contributed by atoms with Crippen LogP contribution in [-0.2, 0) is 13.1 Å². The third-order valence-electron chi connectivity index (χ3n) is 4.43. The zero-order chi connectivity index (χ0) is 16.1. The lowest BCUT2D eigenvalue weighted by atomic mass is 10.0. The first-order valence-corrected chi connectivity index (χ1v) is 8.18. The topological polar surface area (TPSA) is 35.5 Å². The molecular formula is C19H23FN2O. The van der Waals surface area contributed by atoms with Crippen molar-refractivity contribution in [2.24, 2.45) is 0 Å². The highest BCUT2D eigenvalue weighted by atomic mass is 19.1. The van der Waals surface area contributed by atoms with Crippen molar-refractivity contribution < 1.29 is 9.50 Å². The average molecular weight is 314 g/mol. The van der Waals surface area contributed by atoms with Gasteiger partial charge in [-0.15, -0.1) is 0 Å². The number of benzene rings is 2. The maximum atomic E-state index is 13.8. The molecule has 1 fully saturated rings. The maximum absolute atomic E-state index is 13.8. The van der Waals surface area contributed by atoms with E-state index in [4.69, 9.17) is 0 Å². The standard InChI is InChI=1S/C19H23FN2O/c20-18-9-3-1-7-16(18)13-22-11-5-8-17(14-22)21-12-15-6-2-4-10-19(15)23/h1-4,6-7,9-10,17,21,23H,5,8,11-14H2/t17-/m1/s1. The number of aromatic hydroxyl groups is 1. The second-order valence-electron chi connectivity index (χ2n) is 6.18. The molecule has 2 aromatic carbocycles. The first kappa shape index (κ1) is 16.0. The van der Waals surface area contributed by atoms with Gasteiger partial charge in [0, 0.05) is 36.8 Å². The summed E-state index contributed by atoms with van der Waals surface area (Å²) in [6.07, 6.45) is 2.22. The molecule has 2 N–H and O–H groups in total. The van der Waals surface area contributed by atoms with Gasteiger partial charge in [-0.1, -0.05) is 36.4 Å². The lowest BCUT2D eigenvalue weighted by Gasteiger charge is -2.33. The van der Waals surface area contributed by atoms with Crippen LogP contribution in [0.25, 0.3) is 0 Å². The summed E-state index contributed by atoms with van der Waals surface area (Å²) in [4.78, 5) is 2.30. The molecule has 0 saturated carbocycles. The van der Waals surface area contributed by atoms with E-state index < -0.39 is 0 Å². The smallest absolute Gasteiger partial charge is 0.127 e. The Balaban J connectivity index is 1.54. The van der Waals surface area contributed by atoms with Crippen LogP contribution in [0.1, 0.15) is 24.0 Å². The van der Waals surface area contributed by atoms with Crippen LogP contribution in [-0.4, -0.2) is 29.1 Å². The summed E-state index contributed by atoms with van der Waals surface area (Å²) in [6, 6.07) is 14.8. The van der Waals surface area contributed by atoms with Crippen LogP contribution >= 0.6 is 0 Å². The molecule has 1 aliphatic rings. The molecule has 1 heterocycles. The molecule has 1 atom stereocenters. The van der Waals surface area contributed by atoms with Crippen molar-refractivity contribution in [3.63, 3.8) is 0 Å². The van der Waals surface area contributed by atoms with Crippen molar-refractivity contribution in [3.8, 4) is 5.75 Å². The number of piperidine rings is 1. The van der Waals surface area contributed by atoms with Gasteiger partial charge in [0.05, 0.1) is 0 Å². The Hall–Kier alpha value is -1.91. The van der Waals surface area contributed by atoms with E-state index in [9.17, 15) is 9.50 Å². The summed E-state index contributed by atoms with van der Waals surface area (Å²) in [5.41, 5.74) is 1.67. The van der Waals surface area contributed by atoms with E-state index in [-0.39, 0.29) is 5.82 Å². The van der Waals surface area contributed by atoms with Crippen molar-refractivity contribution in [3.05, 3.63) is 65.5 Å². The van der Waals surface area contributed by atoms with Crippen LogP contribution < -0.4 is 5.32 Å². The molecule has 2 aromatic rings. The summed E-state index contributed by atoms with van der Waals surface area (Å²) in [6.45, 7) is 3.22. The molecule has 1 aliphatic heterocycles. The van der Waals surface area contributed by atoms with Gasteiger partial charge < -0.3 is 10.4 Å². The van der Waals surface area contributed by atoms with Crippen LogP contribution in [0.5, 0.6) is 5.75 Å². The van der Waals surface area contributed by atoms with E-state index in [1.807, 2.05) is 30.3 Å². The predicted octanol–water partition coefficient (Wildman–Crippen LogP) is 3.29. The number of likely N-dealkylation sites (tertiary alicyclic amines) is 1. The Morgan fingerprint density at radius 3 is 2.61 bits per heavy atom. The second-order valence-corrected chi connectivity index (χ2v) is 6.18. The third kappa shape index (κ3) is 4.30. The number of nitrogens with zero attached hydrogens (tertiary/aromatic N) is 1. The van der Waals surface area contributed by atoms with E-state index in [0.717, 1.165) is 37.1 Å². The van der Waals surface area contributed by atoms with Crippen LogP contribution in [0, 0.1) is 5.82 Å². The highest BCUT2D eigenvalue weighted by Crippen LogP contribution is 2.18. The van der Waals surface area contributed by atoms with Crippen LogP contribution in [0.3, 0.4) is 0 Å². The molecule has 0 aromatic heterocycles. The zero-order valence-corrected chi connectivity index (χ0v) is 13.2. The van der Waals surface area contributed by atoms with Crippen molar-refractivity contribution in [2.45, 2.75) is 32.0 Å². The molecule has 0 bridgehead atoms. The highest BCUT2D eigenvalue weighted by Gasteiger charge is 2.20. The van der Waals surface area contributed by atoms with E-state index in [2.05, 4.69) is 10.2 Å². The van der Waals surface area contributed by atoms with Crippen molar-refractivity contribution in [1.82, 2.24) is 10.2 Å². The lowest BCUT2D eigenvalue weighted by molar-refractivity contribution is 0.180. The quantitative estimate of drug-likeness (QED) is 0.889. The molecule has 0 spiro atoms. The molecule has 23 heavy (non-hydrogen) atoms. The Morgan fingerprint density at radius 2 is 1.83 bits per heavy atom. The largest absolute Gasteiger partial charge is 0.508 e. The van der Waals surface area contributed by atoms with Gasteiger partial charge >= 0.3 is 0 Å². The number of halogens is 1. The molecule has 122 valence electrons. The maximum Gasteiger partial charge on any atom is 0.127 e. The van der Waals surface area contributed by atoms with Gasteiger partial charge in [-0.3, -0.25) is 4.90 Å². The summed E-state index contributed by atoms with van der Waals surface area (Å²) in [7, 11) is 0. The Labute approximate surface area is 136 Å². The van der Waals surface area contributed by atoms with Crippen LogP contribution in [0.2, 0.25) is 0 Å². The fraction of sp³-hybridized carbons (Fsp3) is 0.368. The van der Waals surface area contributed by atoms with Gasteiger partial charge in [0.25, 0.3) is 0 Å². The third-order valence-corrected chi connectivity index (χ3v) is 4.43. The van der Waals surface area contributed by atoms with Gasteiger partial charge in [0.2, 0.25) is 0 Å². The average Bonchev–Trinajstić information content (AvgIpc) is 2.57. The molecule has 0 radical (unpaired) electrons. The Morgan fingerprint density at radius 1 is 1.09 bits per heavy atom. The highest BCUT2D eigenvalue weighted by molar-refractivity contribution is 5.31. The van der Waals surface area contributed by atoms with Crippen LogP contribution in [0.15, 0.2) is 48.5 Å². The molecule has 4 heteroatoms. The summed E-state index contributed by atoms with van der Waals surface area (Å²) in [5, 5.41) is 13.3. The number of para-hydroxylation sites is 1. The summed E-state index contributed by atoms with van der Waals surface area (Å²) >= 11 is 0. The number of phenols is 1. The predicted molar refractivity (Wildman–Crippen MR) is 89.6 cm³/mol. The Kier molecular flexibility index (Phi) is 5.26. The minimum atomic E-state index is -0.128. The van der Waals surface area contributed by atoms with Gasteiger partial charge in [-0.05, 0) is 31.5 Å². The van der Waals surface area contributed by atoms with E-state index in [0.29, 0.717) is 24.9 Å². The number of phenolic OH excluding ortho intramolecular Hbond substituents is 1. The number of rotatable bonds is 5. The molecular weight excluding hydrogens is 291 g/mol. The van der Waals surface area contributed by atoms with Gasteiger partial charge in [0.1, 0.15) is 11.6 Å². The molecule has 0 unspecified atom stereocenters. The van der Waals surface area contributed by atoms with Crippen molar-refractivity contribution >= 4 is 0 Å². The zero-order valence-electron chi connectivity index (χ0n) is 13.2. The normalized spacial score (nSPS) is 18.9. The second kappa shape index (κ2) is 7.57. The number of nitrogens with one attached hydrogen (secondary N) is 1. The first-order chi connectivity index (χ1) is 11.2. The summed E-state index contributed by atoms with van der Waals surface area (Å²) < 4.78 is 13.8. The number of hydrogen-bond acceptors (Lipinski definition) is 3. The van der Waals surface area contributed by atoms with E-state index >= 15 is 0 Å². The Bertz CT molecular complexity index is 647. The lowest BCUT2D eigenvalue weighted by Crippen LogP contribution is -2.45. The van der Waals surface area contributed by atoms with Crippen molar-refractivity contribution in [2.75, 3.05) is 13.1 Å². The van der Waals surface area contributed by atoms with Crippen LogP contribution in [0.4, 0.5) is 4.39 Å². The molecule has 0 aliphatic carbocycles. The minimum absolute atomic E-state index is 0.128. The number of hydrogen-bond donors (Lipinski definition) is 2. The van der Waals surface area contributed by atoms with Gasteiger partial charge in [0.15, 0.2) is 0 Å². The van der Waals surface area contributed by atoms with E-state index in [1.54, 1.807) is 12.1 Å². The SMILES string of the molecule is Oc1ccccc1CN[C@@H]1CCCN(Cc2ccccc2F)C1. The first-order valence-electron chi connectivity index (χ1n) is 8.18. The molecule has 3 rings (SSSR count). The summed E-state index contributed by atoms with van der Waals surface area (Å²) in [5.74, 6) is 0.204. The molecule has 3 nitrogen and oxygen atoms in total.